The van der Waals surface area contributed by atoms with E-state index < -0.39 is 0 Å². The van der Waals surface area contributed by atoms with Gasteiger partial charge in [-0.2, -0.15) is 0 Å². The fourth-order valence-electron chi connectivity index (χ4n) is 2.13. The fourth-order valence-corrected chi connectivity index (χ4v) is 2.98. The molecule has 3 aromatic rings. The molecule has 0 unspecified atom stereocenters. The summed E-state index contributed by atoms with van der Waals surface area (Å²) in [4.78, 5) is 3.04. The van der Waals surface area contributed by atoms with Crippen molar-refractivity contribution in [3.8, 4) is 11.4 Å². The van der Waals surface area contributed by atoms with Crippen LogP contribution in [0, 0.1) is 10.6 Å². The van der Waals surface area contributed by atoms with Crippen LogP contribution in [0.5, 0.6) is 5.75 Å². The monoisotopic (exact) mass is 386 g/mol. The normalized spacial score (nSPS) is 11.0. The third-order valence-corrected chi connectivity index (χ3v) is 4.33. The summed E-state index contributed by atoms with van der Waals surface area (Å²) < 4.78 is 21.5. The van der Waals surface area contributed by atoms with Gasteiger partial charge < -0.3 is 9.72 Å². The van der Waals surface area contributed by atoms with Crippen molar-refractivity contribution in [3.05, 3.63) is 50.4 Å². The SMILES string of the molecule is COc1ccc(Cl)c(-n2c(=S)[nH]c3cc(Br)c(F)cc32)c1. The topological polar surface area (TPSA) is 29.9 Å². The van der Waals surface area contributed by atoms with E-state index in [9.17, 15) is 4.39 Å². The van der Waals surface area contributed by atoms with Gasteiger partial charge >= 0.3 is 0 Å². The van der Waals surface area contributed by atoms with Crippen LogP contribution >= 0.6 is 39.7 Å². The number of methoxy groups -OCH3 is 1. The Hall–Kier alpha value is -1.37. The molecule has 0 radical (unpaired) electrons. The highest BCUT2D eigenvalue weighted by molar-refractivity contribution is 9.10. The Bertz CT molecular complexity index is 906. The highest BCUT2D eigenvalue weighted by atomic mass is 79.9. The Morgan fingerprint density at radius 2 is 2.10 bits per heavy atom. The first-order chi connectivity index (χ1) is 10.0. The zero-order chi connectivity index (χ0) is 15.1. The Morgan fingerprint density at radius 3 is 2.81 bits per heavy atom. The Labute approximate surface area is 138 Å². The second-order valence-corrected chi connectivity index (χ2v) is 6.01. The van der Waals surface area contributed by atoms with Crippen LogP contribution in [0.2, 0.25) is 5.02 Å². The zero-order valence-electron chi connectivity index (χ0n) is 10.8. The molecule has 0 bridgehead atoms. The summed E-state index contributed by atoms with van der Waals surface area (Å²) in [5.41, 5.74) is 1.96. The van der Waals surface area contributed by atoms with E-state index in [1.807, 2.05) is 0 Å². The summed E-state index contributed by atoms with van der Waals surface area (Å²) >= 11 is 14.7. The zero-order valence-corrected chi connectivity index (χ0v) is 13.9. The van der Waals surface area contributed by atoms with Crippen molar-refractivity contribution >= 4 is 50.8 Å². The smallest absolute Gasteiger partial charge is 0.182 e. The molecule has 7 heteroatoms. The third-order valence-electron chi connectivity index (χ3n) is 3.12. The molecule has 1 aromatic heterocycles. The van der Waals surface area contributed by atoms with Crippen molar-refractivity contribution in [1.82, 2.24) is 9.55 Å². The number of rotatable bonds is 2. The molecule has 0 aliphatic carbocycles. The van der Waals surface area contributed by atoms with Gasteiger partial charge in [0.15, 0.2) is 4.77 Å². The molecule has 0 saturated carbocycles. The molecule has 3 rings (SSSR count). The van der Waals surface area contributed by atoms with Gasteiger partial charge in [-0.15, -0.1) is 0 Å². The molecule has 3 nitrogen and oxygen atoms in total. The number of ether oxygens (including phenoxy) is 1. The molecule has 1 heterocycles. The standard InChI is InChI=1S/C14H9BrClFN2OS/c1-20-7-2-3-9(16)12(4-7)19-13-6-10(17)8(15)5-11(13)18-14(19)21/h2-6H,1H3,(H,18,21). The molecule has 0 aliphatic rings. The van der Waals surface area contributed by atoms with Gasteiger partial charge in [-0.25, -0.2) is 4.39 Å². The van der Waals surface area contributed by atoms with Gasteiger partial charge in [0.05, 0.1) is 33.3 Å². The third kappa shape index (κ3) is 2.47. The minimum absolute atomic E-state index is 0.370. The first kappa shape index (κ1) is 14.6. The lowest BCUT2D eigenvalue weighted by atomic mass is 10.2. The minimum Gasteiger partial charge on any atom is -0.497 e. The lowest BCUT2D eigenvalue weighted by Gasteiger charge is -2.09. The summed E-state index contributed by atoms with van der Waals surface area (Å²) in [6.45, 7) is 0. The number of nitrogens with one attached hydrogen (secondary N) is 1. The van der Waals surface area contributed by atoms with Gasteiger partial charge in [0.2, 0.25) is 0 Å². The number of imidazole rings is 1. The predicted octanol–water partition coefficient (Wildman–Crippen LogP) is 5.25. The molecule has 21 heavy (non-hydrogen) atoms. The second kappa shape index (κ2) is 5.44. The van der Waals surface area contributed by atoms with Crippen LogP contribution in [-0.4, -0.2) is 16.7 Å². The van der Waals surface area contributed by atoms with Crippen molar-refractivity contribution in [2.75, 3.05) is 7.11 Å². The number of nitrogens with zero attached hydrogens (tertiary/aromatic N) is 1. The van der Waals surface area contributed by atoms with Crippen LogP contribution in [0.15, 0.2) is 34.8 Å². The lowest BCUT2D eigenvalue weighted by Crippen LogP contribution is -1.96. The molecule has 0 aliphatic heterocycles. The maximum Gasteiger partial charge on any atom is 0.182 e. The predicted molar refractivity (Wildman–Crippen MR) is 87.7 cm³/mol. The van der Waals surface area contributed by atoms with Crippen molar-refractivity contribution < 1.29 is 9.13 Å². The first-order valence-corrected chi connectivity index (χ1v) is 7.53. The maximum absolute atomic E-state index is 13.8. The van der Waals surface area contributed by atoms with E-state index in [0.29, 0.717) is 36.7 Å². The van der Waals surface area contributed by atoms with E-state index >= 15 is 0 Å². The number of benzene rings is 2. The average Bonchev–Trinajstić information content (AvgIpc) is 2.75. The van der Waals surface area contributed by atoms with E-state index in [2.05, 4.69) is 20.9 Å². The molecule has 0 saturated heterocycles. The summed E-state index contributed by atoms with van der Waals surface area (Å²) in [5.74, 6) is 0.271. The van der Waals surface area contributed by atoms with Crippen LogP contribution < -0.4 is 4.74 Å². The summed E-state index contributed by atoms with van der Waals surface area (Å²) in [5, 5.41) is 0.496. The first-order valence-electron chi connectivity index (χ1n) is 5.95. The van der Waals surface area contributed by atoms with Crippen molar-refractivity contribution in [3.63, 3.8) is 0 Å². The van der Waals surface area contributed by atoms with Gasteiger partial charge in [-0.3, -0.25) is 4.57 Å². The summed E-state index contributed by atoms with van der Waals surface area (Å²) in [6.07, 6.45) is 0. The van der Waals surface area contributed by atoms with Gasteiger partial charge in [-0.05, 0) is 46.3 Å². The van der Waals surface area contributed by atoms with E-state index in [1.54, 1.807) is 35.9 Å². The van der Waals surface area contributed by atoms with Crippen LogP contribution in [-0.2, 0) is 0 Å². The van der Waals surface area contributed by atoms with E-state index in [0.717, 1.165) is 0 Å². The second-order valence-electron chi connectivity index (χ2n) is 4.37. The molecule has 2 aromatic carbocycles. The average molecular weight is 388 g/mol. The summed E-state index contributed by atoms with van der Waals surface area (Å²) in [6, 6.07) is 8.27. The largest absolute Gasteiger partial charge is 0.497 e. The number of fused-ring (bicyclic) bond motifs is 1. The molecule has 0 spiro atoms. The van der Waals surface area contributed by atoms with Crippen LogP contribution in [0.25, 0.3) is 16.7 Å². The van der Waals surface area contributed by atoms with E-state index in [1.165, 1.54) is 6.07 Å². The summed E-state index contributed by atoms with van der Waals surface area (Å²) in [7, 11) is 1.57. The molecular formula is C14H9BrClFN2OS. The van der Waals surface area contributed by atoms with Crippen LogP contribution in [0.1, 0.15) is 0 Å². The number of halogens is 3. The van der Waals surface area contributed by atoms with Gasteiger partial charge in [0.25, 0.3) is 0 Å². The van der Waals surface area contributed by atoms with Crippen molar-refractivity contribution in [2.24, 2.45) is 0 Å². The molecule has 0 fully saturated rings. The molecule has 0 atom stereocenters. The van der Waals surface area contributed by atoms with Crippen molar-refractivity contribution in [1.29, 1.82) is 0 Å². The number of hydrogen-bond donors (Lipinski definition) is 1. The molecule has 1 N–H and O–H groups in total. The number of aromatic nitrogens is 2. The maximum atomic E-state index is 13.8. The van der Waals surface area contributed by atoms with Crippen LogP contribution in [0.3, 0.4) is 0 Å². The highest BCUT2D eigenvalue weighted by Crippen LogP contribution is 2.30. The molecule has 0 amide bonds. The number of hydrogen-bond acceptors (Lipinski definition) is 2. The minimum atomic E-state index is -0.371. The Morgan fingerprint density at radius 1 is 1.33 bits per heavy atom. The number of aromatic amines is 1. The van der Waals surface area contributed by atoms with E-state index in [4.69, 9.17) is 28.6 Å². The fraction of sp³-hybridized carbons (Fsp3) is 0.0714. The number of H-pyrrole nitrogens is 1. The lowest BCUT2D eigenvalue weighted by molar-refractivity contribution is 0.414. The van der Waals surface area contributed by atoms with Crippen LogP contribution in [0.4, 0.5) is 4.39 Å². The quantitative estimate of drug-likeness (QED) is 0.609. The Balaban J connectivity index is 2.37. The highest BCUT2D eigenvalue weighted by Gasteiger charge is 2.13. The van der Waals surface area contributed by atoms with E-state index in [-0.39, 0.29) is 5.82 Å². The van der Waals surface area contributed by atoms with Gasteiger partial charge in [-0.1, -0.05) is 11.6 Å². The molecule has 108 valence electrons. The Kier molecular flexibility index (Phi) is 3.77. The van der Waals surface area contributed by atoms with Gasteiger partial charge in [0.1, 0.15) is 11.6 Å². The van der Waals surface area contributed by atoms with Crippen molar-refractivity contribution in [2.45, 2.75) is 0 Å². The van der Waals surface area contributed by atoms with Gasteiger partial charge in [0, 0.05) is 12.1 Å². The molecular weight excluding hydrogens is 379 g/mol.